The Morgan fingerprint density at radius 1 is 0.276 bits per heavy atom. The first-order chi connectivity index (χ1) is 28.7. The number of nitrogens with zero attached hydrogens (tertiary/aromatic N) is 1. The molecular formula is C56H37NO. The first-order valence-electron chi connectivity index (χ1n) is 19.8. The van der Waals surface area contributed by atoms with Gasteiger partial charge in [0.25, 0.3) is 0 Å². The minimum absolute atomic E-state index is 0.906. The standard InChI is InChI=1S/C56H37NO/c1-2-12-43-37-46(23-22-38(43)10-1)45-15-7-14-44(36-45)39-24-30-47(31-25-39)57(48-32-26-41(27-33-48)51-18-8-13-40-11-3-4-16-50(40)51)49-34-28-42(29-35-49)52-19-9-20-54-53-17-5-6-21-55(53)58-56(52)54/h1-37H. The minimum atomic E-state index is 0.906. The summed E-state index contributed by atoms with van der Waals surface area (Å²) in [5.74, 6) is 0. The van der Waals surface area contributed by atoms with Gasteiger partial charge >= 0.3 is 0 Å². The molecule has 0 bridgehead atoms. The van der Waals surface area contributed by atoms with Gasteiger partial charge in [-0.2, -0.15) is 0 Å². The van der Waals surface area contributed by atoms with Crippen molar-refractivity contribution < 1.29 is 4.42 Å². The highest BCUT2D eigenvalue weighted by molar-refractivity contribution is 6.09. The van der Waals surface area contributed by atoms with Gasteiger partial charge in [-0.1, -0.05) is 170 Å². The van der Waals surface area contributed by atoms with Crippen molar-refractivity contribution in [3.05, 3.63) is 224 Å². The number of hydrogen-bond donors (Lipinski definition) is 0. The summed E-state index contributed by atoms with van der Waals surface area (Å²) < 4.78 is 6.42. The number of benzene rings is 10. The average Bonchev–Trinajstić information content (AvgIpc) is 3.69. The van der Waals surface area contributed by atoms with E-state index in [4.69, 9.17) is 4.42 Å². The molecule has 0 amide bonds. The lowest BCUT2D eigenvalue weighted by Crippen LogP contribution is -2.09. The summed E-state index contributed by atoms with van der Waals surface area (Å²) in [5, 5.41) is 7.27. The van der Waals surface area contributed by atoms with Crippen LogP contribution in [0.4, 0.5) is 17.1 Å². The highest BCUT2D eigenvalue weighted by Gasteiger charge is 2.16. The number of para-hydroxylation sites is 2. The number of hydrogen-bond acceptors (Lipinski definition) is 2. The van der Waals surface area contributed by atoms with Gasteiger partial charge in [-0.25, -0.2) is 0 Å². The van der Waals surface area contributed by atoms with Gasteiger partial charge in [0.15, 0.2) is 0 Å². The van der Waals surface area contributed by atoms with Gasteiger partial charge in [0.1, 0.15) is 11.2 Å². The zero-order valence-electron chi connectivity index (χ0n) is 31.7. The van der Waals surface area contributed by atoms with E-state index in [2.05, 4.69) is 217 Å². The molecule has 10 aromatic carbocycles. The van der Waals surface area contributed by atoms with Crippen molar-refractivity contribution in [3.8, 4) is 44.5 Å². The first-order valence-corrected chi connectivity index (χ1v) is 19.8. The Morgan fingerprint density at radius 3 is 1.50 bits per heavy atom. The number of furan rings is 1. The van der Waals surface area contributed by atoms with Gasteiger partial charge in [0.05, 0.1) is 0 Å². The molecule has 58 heavy (non-hydrogen) atoms. The fourth-order valence-electron chi connectivity index (χ4n) is 8.53. The monoisotopic (exact) mass is 739 g/mol. The lowest BCUT2D eigenvalue weighted by atomic mass is 9.97. The predicted octanol–water partition coefficient (Wildman–Crippen LogP) is 16.0. The molecule has 0 aliphatic rings. The van der Waals surface area contributed by atoms with E-state index in [1.807, 2.05) is 12.1 Å². The van der Waals surface area contributed by atoms with Crippen molar-refractivity contribution in [1.82, 2.24) is 0 Å². The Labute approximate surface area is 337 Å². The molecule has 2 nitrogen and oxygen atoms in total. The van der Waals surface area contributed by atoms with Gasteiger partial charge in [-0.05, 0) is 115 Å². The van der Waals surface area contributed by atoms with Crippen molar-refractivity contribution in [3.63, 3.8) is 0 Å². The normalized spacial score (nSPS) is 11.4. The van der Waals surface area contributed by atoms with Crippen molar-refractivity contribution in [1.29, 1.82) is 0 Å². The second-order valence-corrected chi connectivity index (χ2v) is 14.9. The van der Waals surface area contributed by atoms with Gasteiger partial charge in [-0.15, -0.1) is 0 Å². The zero-order valence-corrected chi connectivity index (χ0v) is 31.7. The maximum atomic E-state index is 6.42. The highest BCUT2D eigenvalue weighted by atomic mass is 16.3. The van der Waals surface area contributed by atoms with Crippen LogP contribution < -0.4 is 4.90 Å². The second-order valence-electron chi connectivity index (χ2n) is 14.9. The maximum Gasteiger partial charge on any atom is 0.143 e. The lowest BCUT2D eigenvalue weighted by Gasteiger charge is -2.26. The third kappa shape index (κ3) is 6.00. The van der Waals surface area contributed by atoms with E-state index in [9.17, 15) is 0 Å². The van der Waals surface area contributed by atoms with E-state index < -0.39 is 0 Å². The van der Waals surface area contributed by atoms with Crippen LogP contribution in [-0.2, 0) is 0 Å². The van der Waals surface area contributed by atoms with Crippen molar-refractivity contribution in [2.24, 2.45) is 0 Å². The molecule has 0 aliphatic heterocycles. The van der Waals surface area contributed by atoms with Gasteiger partial charge in [-0.3, -0.25) is 0 Å². The van der Waals surface area contributed by atoms with Crippen molar-refractivity contribution in [2.45, 2.75) is 0 Å². The number of rotatable bonds is 7. The third-order valence-electron chi connectivity index (χ3n) is 11.5. The van der Waals surface area contributed by atoms with E-state index in [1.54, 1.807) is 0 Å². The summed E-state index contributed by atoms with van der Waals surface area (Å²) in [6, 6.07) is 80.7. The van der Waals surface area contributed by atoms with Crippen LogP contribution in [-0.4, -0.2) is 0 Å². The summed E-state index contributed by atoms with van der Waals surface area (Å²) >= 11 is 0. The Balaban J connectivity index is 0.969. The van der Waals surface area contributed by atoms with Crippen LogP contribution in [0.1, 0.15) is 0 Å². The second kappa shape index (κ2) is 14.1. The van der Waals surface area contributed by atoms with Gasteiger partial charge in [0, 0.05) is 33.4 Å². The smallest absolute Gasteiger partial charge is 0.143 e. The molecule has 11 rings (SSSR count). The quantitative estimate of drug-likeness (QED) is 0.162. The largest absolute Gasteiger partial charge is 0.455 e. The number of fused-ring (bicyclic) bond motifs is 5. The minimum Gasteiger partial charge on any atom is -0.455 e. The molecule has 0 atom stereocenters. The molecule has 0 unspecified atom stereocenters. The molecule has 0 fully saturated rings. The molecular weight excluding hydrogens is 703 g/mol. The van der Waals surface area contributed by atoms with E-state index in [-0.39, 0.29) is 0 Å². The summed E-state index contributed by atoms with van der Waals surface area (Å²) in [6.45, 7) is 0. The highest BCUT2D eigenvalue weighted by Crippen LogP contribution is 2.41. The van der Waals surface area contributed by atoms with Crippen LogP contribution in [0.2, 0.25) is 0 Å². The van der Waals surface area contributed by atoms with Crippen LogP contribution in [0, 0.1) is 0 Å². The molecule has 0 aliphatic carbocycles. The van der Waals surface area contributed by atoms with Gasteiger partial charge < -0.3 is 9.32 Å². The summed E-state index contributed by atoms with van der Waals surface area (Å²) in [5.41, 5.74) is 14.5. The van der Waals surface area contributed by atoms with Crippen LogP contribution in [0.3, 0.4) is 0 Å². The molecule has 2 heteroatoms. The molecule has 11 aromatic rings. The molecule has 0 spiro atoms. The van der Waals surface area contributed by atoms with Crippen molar-refractivity contribution >= 4 is 60.5 Å². The van der Waals surface area contributed by atoms with E-state index in [1.165, 1.54) is 54.9 Å². The van der Waals surface area contributed by atoms with Crippen LogP contribution in [0.5, 0.6) is 0 Å². The Bertz CT molecular complexity index is 3260. The molecule has 1 heterocycles. The van der Waals surface area contributed by atoms with Crippen molar-refractivity contribution in [2.75, 3.05) is 4.90 Å². The molecule has 0 N–H and O–H groups in total. The van der Waals surface area contributed by atoms with E-state index in [0.717, 1.165) is 50.1 Å². The summed E-state index contributed by atoms with van der Waals surface area (Å²) in [7, 11) is 0. The Hall–Kier alpha value is -7.68. The third-order valence-corrected chi connectivity index (χ3v) is 11.5. The van der Waals surface area contributed by atoms with Gasteiger partial charge in [0.2, 0.25) is 0 Å². The summed E-state index contributed by atoms with van der Waals surface area (Å²) in [6.07, 6.45) is 0. The molecule has 272 valence electrons. The Morgan fingerprint density at radius 2 is 0.759 bits per heavy atom. The average molecular weight is 740 g/mol. The van der Waals surface area contributed by atoms with Crippen LogP contribution in [0.25, 0.3) is 88.0 Å². The Kier molecular flexibility index (Phi) is 8.19. The lowest BCUT2D eigenvalue weighted by molar-refractivity contribution is 0.670. The molecule has 0 saturated heterocycles. The van der Waals surface area contributed by atoms with E-state index >= 15 is 0 Å². The van der Waals surface area contributed by atoms with Crippen LogP contribution >= 0.6 is 0 Å². The van der Waals surface area contributed by atoms with E-state index in [0.29, 0.717) is 0 Å². The van der Waals surface area contributed by atoms with Crippen LogP contribution in [0.15, 0.2) is 229 Å². The topological polar surface area (TPSA) is 16.4 Å². The first kappa shape index (κ1) is 33.6. The molecule has 0 saturated carbocycles. The number of anilines is 3. The molecule has 1 aromatic heterocycles. The zero-order chi connectivity index (χ0) is 38.4. The maximum absolute atomic E-state index is 6.42. The SMILES string of the molecule is c1cc(-c2ccc(N(c3ccc(-c4cccc5ccccc45)cc3)c3ccc(-c4cccc5c4oc4ccccc45)cc3)cc2)cc(-c2ccc3ccccc3c2)c1. The fraction of sp³-hybridized carbons (Fsp3) is 0. The molecule has 0 radical (unpaired) electrons. The fourth-order valence-corrected chi connectivity index (χ4v) is 8.53. The predicted molar refractivity (Wildman–Crippen MR) is 245 cm³/mol. The summed E-state index contributed by atoms with van der Waals surface area (Å²) in [4.78, 5) is 2.34.